The van der Waals surface area contributed by atoms with E-state index < -0.39 is 0 Å². The van der Waals surface area contributed by atoms with Crippen molar-refractivity contribution in [1.82, 2.24) is 0 Å². The van der Waals surface area contributed by atoms with Crippen molar-refractivity contribution in [3.05, 3.63) is 120 Å². The second-order valence-electron chi connectivity index (χ2n) is 13.6. The van der Waals surface area contributed by atoms with Gasteiger partial charge in [0, 0.05) is 39.4 Å². The summed E-state index contributed by atoms with van der Waals surface area (Å²) in [4.78, 5) is 5.40. The van der Waals surface area contributed by atoms with Crippen LogP contribution in [0.25, 0.3) is 11.1 Å². The van der Waals surface area contributed by atoms with Gasteiger partial charge in [0.05, 0.1) is 5.54 Å². The highest BCUT2D eigenvalue weighted by Gasteiger charge is 2.61. The average molecular weight is 541 g/mol. The molecule has 2 unspecified atom stereocenters. The highest BCUT2D eigenvalue weighted by molar-refractivity contribution is 7.00. The van der Waals surface area contributed by atoms with Crippen molar-refractivity contribution in [3.8, 4) is 11.1 Å². The molecule has 0 radical (unpaired) electrons. The maximum absolute atomic E-state index is 2.81. The van der Waals surface area contributed by atoms with Crippen LogP contribution in [0.5, 0.6) is 0 Å². The van der Waals surface area contributed by atoms with Crippen molar-refractivity contribution < 1.29 is 0 Å². The minimum atomic E-state index is 0.0680. The lowest BCUT2D eigenvalue weighted by Gasteiger charge is -2.52. The molecule has 3 aliphatic heterocycles. The number of fused-ring (bicyclic) bond motifs is 11. The predicted molar refractivity (Wildman–Crippen MR) is 177 cm³/mol. The fourth-order valence-corrected chi connectivity index (χ4v) is 9.76. The van der Waals surface area contributed by atoms with E-state index >= 15 is 0 Å². The summed E-state index contributed by atoms with van der Waals surface area (Å²) < 4.78 is 0. The lowest BCUT2D eigenvalue weighted by molar-refractivity contribution is 0.195. The van der Waals surface area contributed by atoms with Crippen LogP contribution >= 0.6 is 0 Å². The molecule has 3 heteroatoms. The van der Waals surface area contributed by atoms with Gasteiger partial charge in [-0.3, -0.25) is 0 Å². The summed E-state index contributed by atoms with van der Waals surface area (Å²) in [7, 11) is 0. The minimum absolute atomic E-state index is 0.0680. The Morgan fingerprint density at radius 3 is 2.31 bits per heavy atom. The van der Waals surface area contributed by atoms with Gasteiger partial charge in [-0.2, -0.15) is 0 Å². The molecule has 2 atom stereocenters. The standard InChI is InChI=1S/C39H33BN2/c1-38-22-8-9-23-39(38,2)42-33-19-11-18-32-35(33)40(30-17-10-16-29(38)36(30)42)31-21-20-26-24-25-12-6-7-15-28(25)34(26)37(31)41(32)27-13-4-3-5-14-27/h3-7,10-21H,8-9,22-24H2,1-2H3. The van der Waals surface area contributed by atoms with Crippen LogP contribution in [-0.4, -0.2) is 12.3 Å². The quantitative estimate of drug-likeness (QED) is 0.198. The van der Waals surface area contributed by atoms with E-state index in [1.165, 1.54) is 92.8 Å². The van der Waals surface area contributed by atoms with Crippen molar-refractivity contribution >= 4 is 51.5 Å². The van der Waals surface area contributed by atoms with Gasteiger partial charge in [0.15, 0.2) is 0 Å². The van der Waals surface area contributed by atoms with E-state index in [2.05, 4.69) is 127 Å². The fourth-order valence-electron chi connectivity index (χ4n) is 9.76. The first-order valence-electron chi connectivity index (χ1n) is 15.8. The van der Waals surface area contributed by atoms with Gasteiger partial charge >= 0.3 is 0 Å². The molecule has 0 spiro atoms. The third-order valence-corrected chi connectivity index (χ3v) is 11.8. The molecule has 5 aromatic rings. The number of rotatable bonds is 1. The lowest BCUT2D eigenvalue weighted by atomic mass is 9.33. The van der Waals surface area contributed by atoms with Gasteiger partial charge in [-0.1, -0.05) is 98.6 Å². The van der Waals surface area contributed by atoms with E-state index in [-0.39, 0.29) is 17.7 Å². The Labute approximate surface area is 248 Å². The molecule has 3 heterocycles. The van der Waals surface area contributed by atoms with Gasteiger partial charge in [0.1, 0.15) is 0 Å². The Kier molecular flexibility index (Phi) is 4.32. The molecule has 0 bridgehead atoms. The van der Waals surface area contributed by atoms with Crippen molar-refractivity contribution in [3.63, 3.8) is 0 Å². The molecule has 2 nitrogen and oxygen atoms in total. The molecular weight excluding hydrogens is 507 g/mol. The third kappa shape index (κ3) is 2.57. The van der Waals surface area contributed by atoms with Crippen molar-refractivity contribution in [2.75, 3.05) is 9.80 Å². The SMILES string of the molecule is CC12CCCCC1(C)N1c3cccc4c3B(c3ccc5c(c3N4c3ccccc3)-c3ccccc3C5)c3cccc2c31. The van der Waals surface area contributed by atoms with Crippen molar-refractivity contribution in [2.45, 2.75) is 56.9 Å². The van der Waals surface area contributed by atoms with Crippen molar-refractivity contribution in [1.29, 1.82) is 0 Å². The number of hydrogen-bond acceptors (Lipinski definition) is 2. The summed E-state index contributed by atoms with van der Waals surface area (Å²) in [5.41, 5.74) is 18.7. The van der Waals surface area contributed by atoms with Crippen LogP contribution in [0.1, 0.15) is 56.2 Å². The Morgan fingerprint density at radius 2 is 1.40 bits per heavy atom. The van der Waals surface area contributed by atoms with Gasteiger partial charge in [-0.05, 0) is 89.1 Å². The highest BCUT2D eigenvalue weighted by Crippen LogP contribution is 2.61. The van der Waals surface area contributed by atoms with E-state index in [0.29, 0.717) is 0 Å². The van der Waals surface area contributed by atoms with Crippen LogP contribution in [0, 0.1) is 0 Å². The van der Waals surface area contributed by atoms with E-state index in [1.54, 1.807) is 5.56 Å². The topological polar surface area (TPSA) is 6.48 Å². The molecular formula is C39H33BN2. The smallest absolute Gasteiger partial charge is 0.252 e. The second-order valence-corrected chi connectivity index (χ2v) is 13.6. The Bertz CT molecular complexity index is 1980. The number of para-hydroxylation sites is 2. The molecule has 0 N–H and O–H groups in total. The monoisotopic (exact) mass is 540 g/mol. The van der Waals surface area contributed by atoms with E-state index in [9.17, 15) is 0 Å². The van der Waals surface area contributed by atoms with Crippen LogP contribution in [0.15, 0.2) is 103 Å². The summed E-state index contributed by atoms with van der Waals surface area (Å²) in [6.07, 6.45) is 6.11. The zero-order valence-electron chi connectivity index (χ0n) is 24.3. The first-order chi connectivity index (χ1) is 20.6. The zero-order chi connectivity index (χ0) is 27.8. The predicted octanol–water partition coefficient (Wildman–Crippen LogP) is 7.61. The molecule has 5 aromatic carbocycles. The molecule has 0 aromatic heterocycles. The number of benzene rings is 5. The maximum atomic E-state index is 2.81. The van der Waals surface area contributed by atoms with Crippen molar-refractivity contribution in [2.24, 2.45) is 0 Å². The molecule has 0 saturated heterocycles. The second kappa shape index (κ2) is 7.78. The van der Waals surface area contributed by atoms with Gasteiger partial charge < -0.3 is 9.80 Å². The summed E-state index contributed by atoms with van der Waals surface area (Å²) in [6.45, 7) is 5.33. The first-order valence-corrected chi connectivity index (χ1v) is 15.8. The first kappa shape index (κ1) is 23.3. The molecule has 1 saturated carbocycles. The van der Waals surface area contributed by atoms with Crippen LogP contribution in [0.4, 0.5) is 28.4 Å². The third-order valence-electron chi connectivity index (χ3n) is 11.8. The van der Waals surface area contributed by atoms with Crippen LogP contribution in [-0.2, 0) is 11.8 Å². The van der Waals surface area contributed by atoms with Gasteiger partial charge in [0.25, 0.3) is 6.71 Å². The highest BCUT2D eigenvalue weighted by atomic mass is 15.3. The Hall–Kier alpha value is -4.24. The number of hydrogen-bond donors (Lipinski definition) is 0. The van der Waals surface area contributed by atoms with Crippen LogP contribution in [0.3, 0.4) is 0 Å². The van der Waals surface area contributed by atoms with E-state index in [0.717, 1.165) is 6.42 Å². The molecule has 5 aliphatic rings. The van der Waals surface area contributed by atoms with E-state index in [4.69, 9.17) is 0 Å². The van der Waals surface area contributed by atoms with E-state index in [1.807, 2.05) is 0 Å². The summed E-state index contributed by atoms with van der Waals surface area (Å²) in [5.74, 6) is 0. The van der Waals surface area contributed by atoms with Crippen LogP contribution < -0.4 is 26.2 Å². The number of anilines is 5. The molecule has 1 fully saturated rings. The molecule has 202 valence electrons. The zero-order valence-corrected chi connectivity index (χ0v) is 24.3. The Morgan fingerprint density at radius 1 is 0.643 bits per heavy atom. The fraction of sp³-hybridized carbons (Fsp3) is 0.231. The lowest BCUT2D eigenvalue weighted by Crippen LogP contribution is -2.64. The van der Waals surface area contributed by atoms with Gasteiger partial charge in [-0.25, -0.2) is 0 Å². The number of nitrogens with zero attached hydrogens (tertiary/aromatic N) is 2. The Balaban J connectivity index is 1.35. The molecule has 42 heavy (non-hydrogen) atoms. The van der Waals surface area contributed by atoms with Crippen LogP contribution in [0.2, 0.25) is 0 Å². The molecule has 0 amide bonds. The summed E-state index contributed by atoms with van der Waals surface area (Å²) in [6, 6.07) is 39.4. The largest absolute Gasteiger partial charge is 0.335 e. The molecule has 10 rings (SSSR count). The normalized spacial score (nSPS) is 23.5. The minimum Gasteiger partial charge on any atom is -0.335 e. The summed E-state index contributed by atoms with van der Waals surface area (Å²) in [5, 5.41) is 0. The average Bonchev–Trinajstić information content (AvgIpc) is 3.51. The molecule has 2 aliphatic carbocycles. The van der Waals surface area contributed by atoms with Gasteiger partial charge in [0.2, 0.25) is 0 Å². The maximum Gasteiger partial charge on any atom is 0.252 e. The van der Waals surface area contributed by atoms with Gasteiger partial charge in [-0.15, -0.1) is 0 Å². The summed E-state index contributed by atoms with van der Waals surface area (Å²) >= 11 is 0.